The van der Waals surface area contributed by atoms with Crippen molar-refractivity contribution in [2.24, 2.45) is 0 Å². The number of amides is 4. The molecule has 0 aromatic heterocycles. The quantitative estimate of drug-likeness (QED) is 0.408. The molecule has 3 aromatic rings. The number of ether oxygens (including phenoxy) is 3. The van der Waals surface area contributed by atoms with Crippen LogP contribution in [0.4, 0.5) is 14.9 Å². The Morgan fingerprint density at radius 3 is 2.26 bits per heavy atom. The van der Waals surface area contributed by atoms with E-state index >= 15 is 0 Å². The number of carbonyl (C=O) groups excluding carboxylic acids is 3. The van der Waals surface area contributed by atoms with Gasteiger partial charge in [-0.15, -0.1) is 0 Å². The summed E-state index contributed by atoms with van der Waals surface area (Å²) in [7, 11) is 2.96. The van der Waals surface area contributed by atoms with Gasteiger partial charge in [0, 0.05) is 0 Å². The first kappa shape index (κ1) is 23.5. The van der Waals surface area contributed by atoms with E-state index in [2.05, 4.69) is 5.32 Å². The van der Waals surface area contributed by atoms with Crippen LogP contribution in [0, 0.1) is 5.82 Å². The summed E-state index contributed by atoms with van der Waals surface area (Å²) < 4.78 is 29.3. The standard InChI is InChI=1S/C26H21FN2O6/c1-33-20-10-8-19(9-11-20)29-25(31)21(24(30)28-26(29)32)13-17-5-12-22(23(14-17)34-2)35-15-16-3-6-18(27)7-4-16/h3-14H,15H2,1-2H3,(H,28,30,32)/b21-13+. The summed E-state index contributed by atoms with van der Waals surface area (Å²) in [5, 5.41) is 2.18. The zero-order valence-electron chi connectivity index (χ0n) is 18.9. The van der Waals surface area contributed by atoms with Gasteiger partial charge in [-0.2, -0.15) is 0 Å². The van der Waals surface area contributed by atoms with Gasteiger partial charge in [-0.1, -0.05) is 18.2 Å². The van der Waals surface area contributed by atoms with Crippen molar-refractivity contribution in [3.05, 3.63) is 89.2 Å². The molecule has 0 spiro atoms. The molecule has 9 heteroatoms. The first-order chi connectivity index (χ1) is 16.9. The van der Waals surface area contributed by atoms with E-state index in [1.54, 1.807) is 54.6 Å². The molecule has 1 N–H and O–H groups in total. The Balaban J connectivity index is 1.57. The van der Waals surface area contributed by atoms with Crippen LogP contribution in [0.5, 0.6) is 17.2 Å². The van der Waals surface area contributed by atoms with Crippen LogP contribution in [-0.4, -0.2) is 32.1 Å². The van der Waals surface area contributed by atoms with Gasteiger partial charge in [0.05, 0.1) is 19.9 Å². The number of methoxy groups -OCH3 is 2. The summed E-state index contributed by atoms with van der Waals surface area (Å²) in [5.41, 5.74) is 1.32. The molecule has 3 aromatic carbocycles. The molecular weight excluding hydrogens is 455 g/mol. The lowest BCUT2D eigenvalue weighted by molar-refractivity contribution is -0.122. The van der Waals surface area contributed by atoms with Gasteiger partial charge in [0.25, 0.3) is 11.8 Å². The van der Waals surface area contributed by atoms with E-state index in [0.717, 1.165) is 10.5 Å². The van der Waals surface area contributed by atoms with Crippen LogP contribution in [-0.2, 0) is 16.2 Å². The van der Waals surface area contributed by atoms with Crippen molar-refractivity contribution in [2.75, 3.05) is 19.1 Å². The summed E-state index contributed by atoms with van der Waals surface area (Å²) >= 11 is 0. The minimum atomic E-state index is -0.843. The van der Waals surface area contributed by atoms with Crippen molar-refractivity contribution in [3.8, 4) is 17.2 Å². The zero-order chi connectivity index (χ0) is 24.9. The summed E-state index contributed by atoms with van der Waals surface area (Å²) in [6.45, 7) is 0.191. The average molecular weight is 476 g/mol. The number of imide groups is 2. The van der Waals surface area contributed by atoms with E-state index in [1.165, 1.54) is 32.4 Å². The minimum absolute atomic E-state index is 0.191. The number of nitrogens with one attached hydrogen (secondary N) is 1. The molecule has 1 aliphatic heterocycles. The summed E-state index contributed by atoms with van der Waals surface area (Å²) in [4.78, 5) is 38.8. The molecular formula is C26H21FN2O6. The number of anilines is 1. The molecule has 0 unspecified atom stereocenters. The lowest BCUT2D eigenvalue weighted by Crippen LogP contribution is -2.54. The molecule has 4 rings (SSSR count). The van der Waals surface area contributed by atoms with Gasteiger partial charge >= 0.3 is 6.03 Å². The second-order valence-electron chi connectivity index (χ2n) is 7.48. The number of hydrogen-bond donors (Lipinski definition) is 1. The molecule has 178 valence electrons. The Morgan fingerprint density at radius 2 is 1.60 bits per heavy atom. The van der Waals surface area contributed by atoms with Crippen molar-refractivity contribution in [1.29, 1.82) is 0 Å². The van der Waals surface area contributed by atoms with Gasteiger partial charge in [-0.25, -0.2) is 14.1 Å². The van der Waals surface area contributed by atoms with Crippen LogP contribution in [0.15, 0.2) is 72.3 Å². The highest BCUT2D eigenvalue weighted by Gasteiger charge is 2.36. The summed E-state index contributed by atoms with van der Waals surface area (Å²) in [5.74, 6) is -0.557. The SMILES string of the molecule is COc1ccc(N2C(=O)NC(=O)/C(=C\c3ccc(OCc4ccc(F)cc4)c(OC)c3)C2=O)cc1. The van der Waals surface area contributed by atoms with E-state index in [4.69, 9.17) is 14.2 Å². The molecule has 0 atom stereocenters. The lowest BCUT2D eigenvalue weighted by atomic mass is 10.1. The number of hydrogen-bond acceptors (Lipinski definition) is 6. The molecule has 1 heterocycles. The van der Waals surface area contributed by atoms with Gasteiger partial charge in [0.2, 0.25) is 0 Å². The van der Waals surface area contributed by atoms with E-state index in [-0.39, 0.29) is 23.7 Å². The Labute approximate surface area is 200 Å². The van der Waals surface area contributed by atoms with Gasteiger partial charge in [0.15, 0.2) is 11.5 Å². The fourth-order valence-corrected chi connectivity index (χ4v) is 3.42. The predicted molar refractivity (Wildman–Crippen MR) is 126 cm³/mol. The zero-order valence-corrected chi connectivity index (χ0v) is 18.9. The lowest BCUT2D eigenvalue weighted by Gasteiger charge is -2.26. The Bertz CT molecular complexity index is 1300. The number of barbiturate groups is 1. The van der Waals surface area contributed by atoms with Gasteiger partial charge < -0.3 is 14.2 Å². The Kier molecular flexibility index (Phi) is 6.77. The maximum atomic E-state index is 13.1. The van der Waals surface area contributed by atoms with Crippen molar-refractivity contribution >= 4 is 29.6 Å². The molecule has 8 nitrogen and oxygen atoms in total. The van der Waals surface area contributed by atoms with Crippen LogP contribution >= 0.6 is 0 Å². The molecule has 1 aliphatic rings. The molecule has 1 fully saturated rings. The number of urea groups is 1. The molecule has 0 bridgehead atoms. The number of carbonyl (C=O) groups is 3. The molecule has 4 amide bonds. The van der Waals surface area contributed by atoms with Gasteiger partial charge in [-0.3, -0.25) is 14.9 Å². The van der Waals surface area contributed by atoms with E-state index in [9.17, 15) is 18.8 Å². The number of rotatable bonds is 7. The fourth-order valence-electron chi connectivity index (χ4n) is 3.42. The topological polar surface area (TPSA) is 94.2 Å². The monoisotopic (exact) mass is 476 g/mol. The smallest absolute Gasteiger partial charge is 0.335 e. The van der Waals surface area contributed by atoms with Crippen LogP contribution in [0.25, 0.3) is 6.08 Å². The minimum Gasteiger partial charge on any atom is -0.497 e. The van der Waals surface area contributed by atoms with Crippen molar-refractivity contribution in [2.45, 2.75) is 6.61 Å². The maximum Gasteiger partial charge on any atom is 0.335 e. The van der Waals surface area contributed by atoms with Gasteiger partial charge in [-0.05, 0) is 65.7 Å². The third-order valence-corrected chi connectivity index (χ3v) is 5.24. The highest BCUT2D eigenvalue weighted by molar-refractivity contribution is 6.39. The predicted octanol–water partition coefficient (Wildman–Crippen LogP) is 4.09. The van der Waals surface area contributed by atoms with Crippen LogP contribution < -0.4 is 24.4 Å². The van der Waals surface area contributed by atoms with Crippen LogP contribution in [0.2, 0.25) is 0 Å². The molecule has 1 saturated heterocycles. The average Bonchev–Trinajstić information content (AvgIpc) is 2.86. The fraction of sp³-hybridized carbons (Fsp3) is 0.115. The second-order valence-corrected chi connectivity index (χ2v) is 7.48. The molecule has 0 saturated carbocycles. The Morgan fingerprint density at radius 1 is 0.886 bits per heavy atom. The number of halogens is 1. The van der Waals surface area contributed by atoms with Gasteiger partial charge in [0.1, 0.15) is 23.7 Å². The molecule has 0 radical (unpaired) electrons. The highest BCUT2D eigenvalue weighted by atomic mass is 19.1. The van der Waals surface area contributed by atoms with E-state index in [1.807, 2.05) is 0 Å². The van der Waals surface area contributed by atoms with E-state index < -0.39 is 17.8 Å². The number of benzene rings is 3. The highest BCUT2D eigenvalue weighted by Crippen LogP contribution is 2.31. The third kappa shape index (κ3) is 5.14. The molecule has 35 heavy (non-hydrogen) atoms. The normalized spacial score (nSPS) is 14.7. The first-order valence-corrected chi connectivity index (χ1v) is 10.5. The molecule has 0 aliphatic carbocycles. The Hall–Kier alpha value is -4.66. The summed E-state index contributed by atoms with van der Waals surface area (Å²) in [6, 6.07) is 16.2. The van der Waals surface area contributed by atoms with Crippen LogP contribution in [0.1, 0.15) is 11.1 Å². The van der Waals surface area contributed by atoms with Crippen molar-refractivity contribution < 1.29 is 33.0 Å². The second kappa shape index (κ2) is 10.1. The number of nitrogens with zero attached hydrogens (tertiary/aromatic N) is 1. The largest absolute Gasteiger partial charge is 0.497 e. The van der Waals surface area contributed by atoms with Crippen molar-refractivity contribution in [1.82, 2.24) is 5.32 Å². The third-order valence-electron chi connectivity index (χ3n) is 5.24. The van der Waals surface area contributed by atoms with E-state index in [0.29, 0.717) is 22.8 Å². The summed E-state index contributed by atoms with van der Waals surface area (Å²) in [6.07, 6.45) is 1.37. The maximum absolute atomic E-state index is 13.1. The van der Waals surface area contributed by atoms with Crippen molar-refractivity contribution in [3.63, 3.8) is 0 Å². The first-order valence-electron chi connectivity index (χ1n) is 10.5. The van der Waals surface area contributed by atoms with Crippen LogP contribution in [0.3, 0.4) is 0 Å².